The Labute approximate surface area is 87.3 Å². The van der Waals surface area contributed by atoms with Crippen LogP contribution < -0.4 is 0 Å². The smallest absolute Gasteiger partial charge is 0.333 e. The number of hydrogen-bond donors (Lipinski definition) is 0. The highest BCUT2D eigenvalue weighted by Gasteiger charge is 2.17. The van der Waals surface area contributed by atoms with E-state index in [1.807, 2.05) is 0 Å². The molecule has 82 valence electrons. The summed E-state index contributed by atoms with van der Waals surface area (Å²) in [6.07, 6.45) is 3.23. The average molecular weight is 198 g/mol. The zero-order valence-electron chi connectivity index (χ0n) is 9.80. The Kier molecular flexibility index (Phi) is 6.26. The second-order valence-electron chi connectivity index (χ2n) is 4.11. The molecule has 0 aromatic carbocycles. The van der Waals surface area contributed by atoms with Gasteiger partial charge in [-0.3, -0.25) is 0 Å². The predicted molar refractivity (Wildman–Crippen MR) is 59.1 cm³/mol. The summed E-state index contributed by atoms with van der Waals surface area (Å²) in [6.45, 7) is 11.5. The molecule has 0 N–H and O–H groups in total. The average Bonchev–Trinajstić information content (AvgIpc) is 2.10. The van der Waals surface area contributed by atoms with Crippen LogP contribution in [0.2, 0.25) is 0 Å². The van der Waals surface area contributed by atoms with Crippen LogP contribution >= 0.6 is 0 Å². The van der Waals surface area contributed by atoms with E-state index < -0.39 is 0 Å². The summed E-state index contributed by atoms with van der Waals surface area (Å²) < 4.78 is 5.34. The molecular weight excluding hydrogens is 176 g/mol. The summed E-state index contributed by atoms with van der Waals surface area (Å²) in [4.78, 5) is 11.3. The zero-order chi connectivity index (χ0) is 11.1. The molecule has 0 aromatic rings. The van der Waals surface area contributed by atoms with E-state index in [1.54, 1.807) is 6.92 Å². The van der Waals surface area contributed by atoms with Crippen LogP contribution in [0.4, 0.5) is 0 Å². The molecule has 0 amide bonds. The first-order valence-corrected chi connectivity index (χ1v) is 5.35. The van der Waals surface area contributed by atoms with Crippen LogP contribution in [0.1, 0.15) is 47.0 Å². The first-order valence-electron chi connectivity index (χ1n) is 5.35. The second kappa shape index (κ2) is 6.63. The molecule has 0 bridgehead atoms. The summed E-state index contributed by atoms with van der Waals surface area (Å²) in [7, 11) is 0. The number of ether oxygens (including phenoxy) is 1. The Morgan fingerprint density at radius 1 is 1.43 bits per heavy atom. The molecule has 0 heterocycles. The van der Waals surface area contributed by atoms with Gasteiger partial charge in [-0.05, 0) is 19.3 Å². The summed E-state index contributed by atoms with van der Waals surface area (Å²) in [6, 6.07) is 0. The van der Waals surface area contributed by atoms with Crippen LogP contribution in [0.3, 0.4) is 0 Å². The fourth-order valence-corrected chi connectivity index (χ4v) is 1.17. The highest BCUT2D eigenvalue weighted by molar-refractivity contribution is 5.87. The Hall–Kier alpha value is -0.790. The summed E-state index contributed by atoms with van der Waals surface area (Å²) >= 11 is 0. The molecule has 0 radical (unpaired) electrons. The third-order valence-electron chi connectivity index (χ3n) is 2.19. The lowest BCUT2D eigenvalue weighted by molar-refractivity contribution is -0.146. The van der Waals surface area contributed by atoms with Crippen molar-refractivity contribution >= 4 is 5.97 Å². The van der Waals surface area contributed by atoms with Crippen molar-refractivity contribution in [1.29, 1.82) is 0 Å². The van der Waals surface area contributed by atoms with Gasteiger partial charge in [0.1, 0.15) is 6.10 Å². The molecule has 0 aliphatic rings. The number of rotatable bonds is 6. The second-order valence-corrected chi connectivity index (χ2v) is 4.11. The van der Waals surface area contributed by atoms with Crippen molar-refractivity contribution in [3.8, 4) is 0 Å². The third kappa shape index (κ3) is 5.05. The SMILES string of the molecule is C=C(C)C(=O)OC(CCCC)C(C)C. The minimum Gasteiger partial charge on any atom is -0.459 e. The lowest BCUT2D eigenvalue weighted by Crippen LogP contribution is -2.23. The Balaban J connectivity index is 4.09. The molecule has 0 fully saturated rings. The molecule has 1 unspecified atom stereocenters. The molecule has 0 aliphatic carbocycles. The standard InChI is InChI=1S/C12H22O2/c1-6-7-8-11(9(2)3)14-12(13)10(4)5/h9,11H,4,6-8H2,1-3,5H3. The van der Waals surface area contributed by atoms with E-state index in [-0.39, 0.29) is 12.1 Å². The van der Waals surface area contributed by atoms with Crippen LogP contribution in [-0.4, -0.2) is 12.1 Å². The van der Waals surface area contributed by atoms with E-state index in [0.29, 0.717) is 11.5 Å². The molecule has 0 aromatic heterocycles. The summed E-state index contributed by atoms with van der Waals surface area (Å²) in [5.74, 6) is 0.115. The number of esters is 1. The highest BCUT2D eigenvalue weighted by atomic mass is 16.5. The molecule has 1 atom stereocenters. The monoisotopic (exact) mass is 198 g/mol. The van der Waals surface area contributed by atoms with E-state index in [4.69, 9.17) is 4.74 Å². The van der Waals surface area contributed by atoms with Crippen molar-refractivity contribution in [3.63, 3.8) is 0 Å². The molecular formula is C12H22O2. The van der Waals surface area contributed by atoms with Gasteiger partial charge in [0.25, 0.3) is 0 Å². The fourth-order valence-electron chi connectivity index (χ4n) is 1.17. The van der Waals surface area contributed by atoms with Crippen molar-refractivity contribution in [3.05, 3.63) is 12.2 Å². The van der Waals surface area contributed by atoms with Crippen LogP contribution in [0, 0.1) is 5.92 Å². The molecule has 0 aliphatic heterocycles. The van der Waals surface area contributed by atoms with Crippen molar-refractivity contribution in [1.82, 2.24) is 0 Å². The number of carbonyl (C=O) groups is 1. The summed E-state index contributed by atoms with van der Waals surface area (Å²) in [5, 5.41) is 0. The van der Waals surface area contributed by atoms with Gasteiger partial charge in [0, 0.05) is 5.57 Å². The van der Waals surface area contributed by atoms with Crippen LogP contribution in [-0.2, 0) is 9.53 Å². The number of unbranched alkanes of at least 4 members (excludes halogenated alkanes) is 1. The summed E-state index contributed by atoms with van der Waals surface area (Å²) in [5.41, 5.74) is 0.479. The van der Waals surface area contributed by atoms with Crippen LogP contribution in [0.5, 0.6) is 0 Å². The lowest BCUT2D eigenvalue weighted by Gasteiger charge is -2.21. The largest absolute Gasteiger partial charge is 0.459 e. The van der Waals surface area contributed by atoms with E-state index in [9.17, 15) is 4.79 Å². The molecule has 0 spiro atoms. The maximum absolute atomic E-state index is 11.3. The molecule has 0 saturated carbocycles. The normalized spacial score (nSPS) is 12.6. The van der Waals surface area contributed by atoms with Gasteiger partial charge in [0.2, 0.25) is 0 Å². The fraction of sp³-hybridized carbons (Fsp3) is 0.750. The van der Waals surface area contributed by atoms with Gasteiger partial charge >= 0.3 is 5.97 Å². The Bertz CT molecular complexity index is 194. The maximum Gasteiger partial charge on any atom is 0.333 e. The first kappa shape index (κ1) is 13.2. The van der Waals surface area contributed by atoms with Gasteiger partial charge in [0.05, 0.1) is 0 Å². The molecule has 2 nitrogen and oxygen atoms in total. The van der Waals surface area contributed by atoms with Gasteiger partial charge in [0.15, 0.2) is 0 Å². The van der Waals surface area contributed by atoms with E-state index >= 15 is 0 Å². The van der Waals surface area contributed by atoms with Crippen molar-refractivity contribution < 1.29 is 9.53 Å². The topological polar surface area (TPSA) is 26.3 Å². The van der Waals surface area contributed by atoms with Gasteiger partial charge in [-0.15, -0.1) is 0 Å². The Morgan fingerprint density at radius 2 is 2.00 bits per heavy atom. The Morgan fingerprint density at radius 3 is 2.36 bits per heavy atom. The molecule has 0 saturated heterocycles. The lowest BCUT2D eigenvalue weighted by atomic mass is 10.0. The van der Waals surface area contributed by atoms with Crippen molar-refractivity contribution in [2.24, 2.45) is 5.92 Å². The van der Waals surface area contributed by atoms with Gasteiger partial charge < -0.3 is 4.74 Å². The van der Waals surface area contributed by atoms with Crippen LogP contribution in [0.15, 0.2) is 12.2 Å². The van der Waals surface area contributed by atoms with Gasteiger partial charge in [-0.1, -0.05) is 40.2 Å². The predicted octanol–water partition coefficient (Wildman–Crippen LogP) is 3.32. The minimum atomic E-state index is -0.264. The van der Waals surface area contributed by atoms with Crippen molar-refractivity contribution in [2.75, 3.05) is 0 Å². The minimum absolute atomic E-state index is 0.0409. The van der Waals surface area contributed by atoms with E-state index in [1.165, 1.54) is 0 Å². The highest BCUT2D eigenvalue weighted by Crippen LogP contribution is 2.15. The van der Waals surface area contributed by atoms with Gasteiger partial charge in [-0.25, -0.2) is 4.79 Å². The van der Waals surface area contributed by atoms with E-state index in [2.05, 4.69) is 27.4 Å². The van der Waals surface area contributed by atoms with Crippen LogP contribution in [0.25, 0.3) is 0 Å². The molecule has 2 heteroatoms. The first-order chi connectivity index (χ1) is 6.49. The third-order valence-corrected chi connectivity index (χ3v) is 2.19. The van der Waals surface area contributed by atoms with E-state index in [0.717, 1.165) is 19.3 Å². The quantitative estimate of drug-likeness (QED) is 0.483. The molecule has 14 heavy (non-hydrogen) atoms. The van der Waals surface area contributed by atoms with Crippen molar-refractivity contribution in [2.45, 2.75) is 53.1 Å². The number of carbonyl (C=O) groups excluding carboxylic acids is 1. The zero-order valence-corrected chi connectivity index (χ0v) is 9.80. The maximum atomic E-state index is 11.3. The molecule has 0 rings (SSSR count). The number of hydrogen-bond acceptors (Lipinski definition) is 2. The van der Waals surface area contributed by atoms with Gasteiger partial charge in [-0.2, -0.15) is 0 Å².